The molecule has 2 atom stereocenters. The number of amides is 1. The van der Waals surface area contributed by atoms with Crippen molar-refractivity contribution >= 4 is 32.6 Å². The lowest BCUT2D eigenvalue weighted by atomic mass is 9.97. The summed E-state index contributed by atoms with van der Waals surface area (Å²) >= 11 is 0. The molecule has 0 fully saturated rings. The normalized spacial score (nSPS) is 17.1. The average molecular weight is 554 g/mol. The average Bonchev–Trinajstić information content (AvgIpc) is 3.20. The molecule has 1 unspecified atom stereocenters. The van der Waals surface area contributed by atoms with Gasteiger partial charge >= 0.3 is 0 Å². The summed E-state index contributed by atoms with van der Waals surface area (Å²) in [4.78, 5) is 15.2. The third kappa shape index (κ3) is 4.90. The number of carbonyl (C=O) groups is 1. The highest BCUT2D eigenvalue weighted by Crippen LogP contribution is 2.43. The van der Waals surface area contributed by atoms with E-state index in [4.69, 9.17) is 4.42 Å². The molecule has 0 saturated heterocycles. The Hall–Kier alpha value is -3.76. The van der Waals surface area contributed by atoms with Gasteiger partial charge in [0.1, 0.15) is 23.0 Å². The van der Waals surface area contributed by atoms with Crippen molar-refractivity contribution in [1.82, 2.24) is 10.2 Å². The van der Waals surface area contributed by atoms with Crippen LogP contribution in [0, 0.1) is 11.6 Å². The monoisotopic (exact) mass is 553 g/mol. The Kier molecular flexibility index (Phi) is 6.94. The van der Waals surface area contributed by atoms with E-state index < -0.39 is 15.8 Å². The van der Waals surface area contributed by atoms with Gasteiger partial charge in [-0.2, -0.15) is 0 Å². The second-order valence-corrected chi connectivity index (χ2v) is 11.7. The van der Waals surface area contributed by atoms with Crippen LogP contribution in [0.4, 0.5) is 14.5 Å². The molecule has 39 heavy (non-hydrogen) atoms. The fourth-order valence-corrected chi connectivity index (χ4v) is 6.29. The first kappa shape index (κ1) is 26.8. The van der Waals surface area contributed by atoms with Gasteiger partial charge in [-0.3, -0.25) is 14.0 Å². The topological polar surface area (TPSA) is 82.9 Å². The molecule has 204 valence electrons. The number of benzene rings is 3. The van der Waals surface area contributed by atoms with E-state index in [2.05, 4.69) is 10.2 Å². The summed E-state index contributed by atoms with van der Waals surface area (Å²) in [5.41, 5.74) is 3.20. The summed E-state index contributed by atoms with van der Waals surface area (Å²) < 4.78 is 60.6. The first-order valence-corrected chi connectivity index (χ1v) is 14.4. The van der Waals surface area contributed by atoms with E-state index in [1.807, 2.05) is 19.9 Å². The molecule has 7 nitrogen and oxygen atoms in total. The number of carbonyl (C=O) groups excluding carboxylic acids is 1. The fourth-order valence-electron chi connectivity index (χ4n) is 5.36. The number of fused-ring (bicyclic) bond motifs is 2. The lowest BCUT2D eigenvalue weighted by Gasteiger charge is -2.33. The molecule has 1 amide bonds. The number of rotatable bonds is 5. The molecule has 1 aliphatic heterocycles. The lowest BCUT2D eigenvalue weighted by molar-refractivity contribution is 0.0964. The standard InChI is InChI=1S/C29H29F2N3O4S/c1-17(19-5-9-21(30)10-6-19)33-13-14-34(39(4,36)37)25-16-26-24(15-23(25)18(33)2)27(29(35)32-3)28(38-26)20-7-11-22(31)12-8-20/h5-12,15-18H,13-14H2,1-4H3,(H,32,35)/t17-,18?/m1/s1. The highest BCUT2D eigenvalue weighted by molar-refractivity contribution is 7.92. The van der Waals surface area contributed by atoms with Crippen molar-refractivity contribution < 1.29 is 26.4 Å². The van der Waals surface area contributed by atoms with Crippen molar-refractivity contribution in [3.63, 3.8) is 0 Å². The summed E-state index contributed by atoms with van der Waals surface area (Å²) in [5.74, 6) is -0.869. The molecule has 5 rings (SSSR count). The predicted molar refractivity (Wildman–Crippen MR) is 147 cm³/mol. The van der Waals surface area contributed by atoms with Crippen LogP contribution in [0.3, 0.4) is 0 Å². The van der Waals surface area contributed by atoms with Gasteiger partial charge in [0.25, 0.3) is 5.91 Å². The van der Waals surface area contributed by atoms with Gasteiger partial charge in [-0.1, -0.05) is 12.1 Å². The van der Waals surface area contributed by atoms with Gasteiger partial charge < -0.3 is 9.73 Å². The van der Waals surface area contributed by atoms with Crippen molar-refractivity contribution in [1.29, 1.82) is 0 Å². The third-order valence-electron chi connectivity index (χ3n) is 7.43. The highest BCUT2D eigenvalue weighted by atomic mass is 32.2. The summed E-state index contributed by atoms with van der Waals surface area (Å²) in [6.07, 6.45) is 1.16. The molecule has 0 bridgehead atoms. The number of furan rings is 1. The molecule has 0 spiro atoms. The van der Waals surface area contributed by atoms with Crippen LogP contribution in [0.15, 0.2) is 65.1 Å². The van der Waals surface area contributed by atoms with Crippen LogP contribution in [-0.4, -0.2) is 45.6 Å². The first-order chi connectivity index (χ1) is 18.5. The minimum absolute atomic E-state index is 0.152. The number of halogens is 2. The minimum Gasteiger partial charge on any atom is -0.455 e. The van der Waals surface area contributed by atoms with Gasteiger partial charge in [0, 0.05) is 49.2 Å². The van der Waals surface area contributed by atoms with Gasteiger partial charge in [0.2, 0.25) is 10.0 Å². The molecule has 2 heterocycles. The van der Waals surface area contributed by atoms with E-state index in [1.54, 1.807) is 18.2 Å². The van der Waals surface area contributed by atoms with Crippen LogP contribution in [-0.2, 0) is 10.0 Å². The molecular weight excluding hydrogens is 524 g/mol. The summed E-state index contributed by atoms with van der Waals surface area (Å²) in [6, 6.07) is 15.0. The number of sulfonamides is 1. The van der Waals surface area contributed by atoms with Gasteiger partial charge in [0.05, 0.1) is 17.5 Å². The van der Waals surface area contributed by atoms with Crippen molar-refractivity contribution in [3.05, 3.63) is 89.0 Å². The number of anilines is 1. The van der Waals surface area contributed by atoms with Crippen LogP contribution in [0.5, 0.6) is 0 Å². The maximum atomic E-state index is 13.6. The van der Waals surface area contributed by atoms with Crippen molar-refractivity contribution in [2.24, 2.45) is 0 Å². The van der Waals surface area contributed by atoms with Crippen LogP contribution in [0.2, 0.25) is 0 Å². The van der Waals surface area contributed by atoms with E-state index >= 15 is 0 Å². The Balaban J connectivity index is 1.72. The van der Waals surface area contributed by atoms with Crippen LogP contribution >= 0.6 is 0 Å². The van der Waals surface area contributed by atoms with E-state index in [1.165, 1.54) is 47.8 Å². The molecule has 0 aliphatic carbocycles. The molecule has 1 aromatic heterocycles. The molecule has 1 aliphatic rings. The third-order valence-corrected chi connectivity index (χ3v) is 8.61. The van der Waals surface area contributed by atoms with E-state index in [0.29, 0.717) is 34.3 Å². The predicted octanol–water partition coefficient (Wildman–Crippen LogP) is 5.64. The zero-order valence-corrected chi connectivity index (χ0v) is 22.9. The molecule has 1 N–H and O–H groups in total. The second-order valence-electron chi connectivity index (χ2n) is 9.78. The second kappa shape index (κ2) is 10.1. The molecule has 10 heteroatoms. The number of nitrogens with one attached hydrogen (secondary N) is 1. The number of hydrogen-bond donors (Lipinski definition) is 1. The summed E-state index contributed by atoms with van der Waals surface area (Å²) in [6.45, 7) is 4.60. The maximum absolute atomic E-state index is 13.6. The number of nitrogens with zero attached hydrogens (tertiary/aromatic N) is 2. The van der Waals surface area contributed by atoms with Gasteiger partial charge in [-0.25, -0.2) is 17.2 Å². The van der Waals surface area contributed by atoms with Crippen molar-refractivity contribution in [2.75, 3.05) is 30.7 Å². The largest absolute Gasteiger partial charge is 0.455 e. The maximum Gasteiger partial charge on any atom is 0.255 e. The van der Waals surface area contributed by atoms with Crippen LogP contribution in [0.25, 0.3) is 22.3 Å². The summed E-state index contributed by atoms with van der Waals surface area (Å²) in [5, 5.41) is 3.17. The Morgan fingerprint density at radius 2 is 1.64 bits per heavy atom. The Labute approximate surface area is 226 Å². The van der Waals surface area contributed by atoms with Crippen LogP contribution < -0.4 is 9.62 Å². The Morgan fingerprint density at radius 1 is 1.03 bits per heavy atom. The first-order valence-electron chi connectivity index (χ1n) is 12.6. The SMILES string of the molecule is CNC(=O)c1c(-c2ccc(F)cc2)oc2cc3c(cc12)C(C)N([C@H](C)c1ccc(F)cc1)CCN3S(C)(=O)=O. The zero-order valence-electron chi connectivity index (χ0n) is 22.0. The Morgan fingerprint density at radius 3 is 2.23 bits per heavy atom. The van der Waals surface area contributed by atoms with Crippen molar-refractivity contribution in [2.45, 2.75) is 25.9 Å². The summed E-state index contributed by atoms with van der Waals surface area (Å²) in [7, 11) is -2.15. The number of hydrogen-bond acceptors (Lipinski definition) is 5. The molecule has 0 radical (unpaired) electrons. The van der Waals surface area contributed by atoms with Crippen LogP contribution in [0.1, 0.15) is 47.4 Å². The highest BCUT2D eigenvalue weighted by Gasteiger charge is 2.34. The van der Waals surface area contributed by atoms with Gasteiger partial charge in [-0.05, 0) is 67.4 Å². The fraction of sp³-hybridized carbons (Fsp3) is 0.276. The minimum atomic E-state index is -3.66. The van der Waals surface area contributed by atoms with E-state index in [-0.39, 0.29) is 41.7 Å². The lowest BCUT2D eigenvalue weighted by Crippen LogP contribution is -2.36. The van der Waals surface area contributed by atoms with Gasteiger partial charge in [-0.15, -0.1) is 0 Å². The smallest absolute Gasteiger partial charge is 0.255 e. The zero-order chi connectivity index (χ0) is 28.1. The molecular formula is C29H29F2N3O4S. The van der Waals surface area contributed by atoms with Gasteiger partial charge in [0.15, 0.2) is 0 Å². The quantitative estimate of drug-likeness (QED) is 0.346. The Bertz CT molecular complexity index is 1650. The molecule has 3 aromatic carbocycles. The molecule has 0 saturated carbocycles. The van der Waals surface area contributed by atoms with Crippen molar-refractivity contribution in [3.8, 4) is 11.3 Å². The van der Waals surface area contributed by atoms with E-state index in [0.717, 1.165) is 11.8 Å². The molecule has 4 aromatic rings. The van der Waals surface area contributed by atoms with E-state index in [9.17, 15) is 22.0 Å².